The molecule has 3 rings (SSSR count). The summed E-state index contributed by atoms with van der Waals surface area (Å²) in [5.74, 6) is 0.672. The van der Waals surface area contributed by atoms with Crippen LogP contribution >= 0.6 is 12.2 Å². The Morgan fingerprint density at radius 1 is 1.08 bits per heavy atom. The fourth-order valence-electron chi connectivity index (χ4n) is 2.74. The molecular weight excluding hydrogens is 344 g/mol. The third-order valence-corrected chi connectivity index (χ3v) is 4.18. The molecule has 0 bridgehead atoms. The molecule has 0 atom stereocenters. The SMILES string of the molecule is CC(C)Oc1ccc(-c2[nH]c(=S)c(C#N)cc2-c2ccccc2)c(O)c1. The number of rotatable bonds is 4. The van der Waals surface area contributed by atoms with Crippen LogP contribution in [0, 0.1) is 16.0 Å². The van der Waals surface area contributed by atoms with E-state index in [4.69, 9.17) is 17.0 Å². The first kappa shape index (κ1) is 17.7. The van der Waals surface area contributed by atoms with Gasteiger partial charge in [0.1, 0.15) is 22.2 Å². The van der Waals surface area contributed by atoms with Crippen LogP contribution < -0.4 is 4.74 Å². The monoisotopic (exact) mass is 362 g/mol. The molecule has 0 aliphatic carbocycles. The van der Waals surface area contributed by atoms with Gasteiger partial charge < -0.3 is 14.8 Å². The molecule has 0 aliphatic rings. The van der Waals surface area contributed by atoms with Crippen molar-refractivity contribution < 1.29 is 9.84 Å². The minimum absolute atomic E-state index is 0.0147. The Hall–Kier alpha value is -3.10. The molecule has 0 amide bonds. The van der Waals surface area contributed by atoms with Crippen molar-refractivity contribution in [3.05, 3.63) is 64.8 Å². The van der Waals surface area contributed by atoms with Crippen LogP contribution in [0.15, 0.2) is 54.6 Å². The van der Waals surface area contributed by atoms with Gasteiger partial charge in [-0.05, 0) is 37.6 Å². The Morgan fingerprint density at radius 3 is 2.42 bits per heavy atom. The number of hydrogen-bond acceptors (Lipinski definition) is 4. The van der Waals surface area contributed by atoms with Crippen molar-refractivity contribution in [2.24, 2.45) is 0 Å². The average molecular weight is 362 g/mol. The van der Waals surface area contributed by atoms with Crippen LogP contribution in [0.3, 0.4) is 0 Å². The zero-order valence-electron chi connectivity index (χ0n) is 14.5. The second-order valence-corrected chi connectivity index (χ2v) is 6.53. The van der Waals surface area contributed by atoms with Crippen molar-refractivity contribution in [2.45, 2.75) is 20.0 Å². The summed E-state index contributed by atoms with van der Waals surface area (Å²) < 4.78 is 5.96. The van der Waals surface area contributed by atoms with Gasteiger partial charge in [0.15, 0.2) is 0 Å². The summed E-state index contributed by atoms with van der Waals surface area (Å²) in [6.07, 6.45) is 0.0147. The fraction of sp³-hybridized carbons (Fsp3) is 0.143. The molecule has 4 nitrogen and oxygen atoms in total. The molecule has 0 fully saturated rings. The quantitative estimate of drug-likeness (QED) is 0.606. The predicted octanol–water partition coefficient (Wildman–Crippen LogP) is 5.44. The molecule has 0 saturated carbocycles. The first-order valence-electron chi connectivity index (χ1n) is 8.22. The van der Waals surface area contributed by atoms with Gasteiger partial charge in [0.05, 0.1) is 17.4 Å². The molecule has 130 valence electrons. The fourth-order valence-corrected chi connectivity index (χ4v) is 2.95. The number of ether oxygens (including phenoxy) is 1. The van der Waals surface area contributed by atoms with E-state index in [9.17, 15) is 10.4 Å². The molecule has 0 unspecified atom stereocenters. The van der Waals surface area contributed by atoms with Gasteiger partial charge in [-0.2, -0.15) is 5.26 Å². The highest BCUT2D eigenvalue weighted by Gasteiger charge is 2.15. The second-order valence-electron chi connectivity index (χ2n) is 6.12. The van der Waals surface area contributed by atoms with Gasteiger partial charge in [0.2, 0.25) is 0 Å². The lowest BCUT2D eigenvalue weighted by atomic mass is 9.97. The van der Waals surface area contributed by atoms with Crippen molar-refractivity contribution in [1.29, 1.82) is 5.26 Å². The van der Waals surface area contributed by atoms with Crippen LogP contribution in [0.25, 0.3) is 22.4 Å². The summed E-state index contributed by atoms with van der Waals surface area (Å²) in [6.45, 7) is 3.85. The lowest BCUT2D eigenvalue weighted by Gasteiger charge is -2.15. The Kier molecular flexibility index (Phi) is 5.06. The summed E-state index contributed by atoms with van der Waals surface area (Å²) in [5.41, 5.74) is 3.36. The van der Waals surface area contributed by atoms with Crippen molar-refractivity contribution in [2.75, 3.05) is 0 Å². The topological polar surface area (TPSA) is 69.0 Å². The molecule has 1 heterocycles. The molecule has 2 aromatic carbocycles. The molecule has 0 aliphatic heterocycles. The Bertz CT molecular complexity index is 1030. The van der Waals surface area contributed by atoms with E-state index in [2.05, 4.69) is 11.1 Å². The van der Waals surface area contributed by atoms with E-state index >= 15 is 0 Å². The number of aromatic hydroxyl groups is 1. The van der Waals surface area contributed by atoms with E-state index in [0.717, 1.165) is 11.1 Å². The summed E-state index contributed by atoms with van der Waals surface area (Å²) in [7, 11) is 0. The maximum atomic E-state index is 10.5. The molecule has 26 heavy (non-hydrogen) atoms. The third kappa shape index (κ3) is 3.61. The third-order valence-electron chi connectivity index (χ3n) is 3.86. The maximum Gasteiger partial charge on any atom is 0.128 e. The molecule has 0 spiro atoms. The van der Waals surface area contributed by atoms with Crippen molar-refractivity contribution >= 4 is 12.2 Å². The van der Waals surface area contributed by atoms with Gasteiger partial charge in [-0.25, -0.2) is 0 Å². The van der Waals surface area contributed by atoms with E-state index in [1.165, 1.54) is 0 Å². The first-order valence-corrected chi connectivity index (χ1v) is 8.63. The molecular formula is C21H18N2O2S. The standard InChI is InChI=1S/C21H18N2O2S/c1-13(2)25-16-8-9-17(19(24)11-16)20-18(14-6-4-3-5-7-14)10-15(12-22)21(26)23-20/h3-11,13,24H,1-2H3,(H,23,26). The van der Waals surface area contributed by atoms with Gasteiger partial charge in [-0.15, -0.1) is 0 Å². The van der Waals surface area contributed by atoms with E-state index in [1.807, 2.05) is 44.2 Å². The van der Waals surface area contributed by atoms with Crippen LogP contribution in [0.1, 0.15) is 19.4 Å². The minimum Gasteiger partial charge on any atom is -0.507 e. The number of nitrogens with zero attached hydrogens (tertiary/aromatic N) is 1. The smallest absolute Gasteiger partial charge is 0.128 e. The van der Waals surface area contributed by atoms with Crippen LogP contribution in [-0.2, 0) is 0 Å². The number of pyridine rings is 1. The molecule has 5 heteroatoms. The zero-order valence-corrected chi connectivity index (χ0v) is 15.3. The van der Waals surface area contributed by atoms with Gasteiger partial charge in [0.25, 0.3) is 0 Å². The number of benzene rings is 2. The van der Waals surface area contributed by atoms with Gasteiger partial charge in [0, 0.05) is 17.2 Å². The Labute approximate surface area is 157 Å². The normalized spacial score (nSPS) is 10.5. The molecule has 1 aromatic heterocycles. The minimum atomic E-state index is 0.0147. The van der Waals surface area contributed by atoms with Crippen LogP contribution in [0.4, 0.5) is 0 Å². The number of nitriles is 1. The predicted molar refractivity (Wildman–Crippen MR) is 105 cm³/mol. The zero-order chi connectivity index (χ0) is 18.7. The Morgan fingerprint density at radius 2 is 1.81 bits per heavy atom. The lowest BCUT2D eigenvalue weighted by Crippen LogP contribution is -2.05. The highest BCUT2D eigenvalue weighted by atomic mass is 32.1. The maximum absolute atomic E-state index is 10.5. The number of nitrogens with one attached hydrogen (secondary N) is 1. The molecule has 0 saturated heterocycles. The van der Waals surface area contributed by atoms with E-state index in [0.29, 0.717) is 27.2 Å². The largest absolute Gasteiger partial charge is 0.507 e. The first-order chi connectivity index (χ1) is 12.5. The van der Waals surface area contributed by atoms with Crippen LogP contribution in [0.2, 0.25) is 0 Å². The highest BCUT2D eigenvalue weighted by molar-refractivity contribution is 7.71. The van der Waals surface area contributed by atoms with E-state index in [1.54, 1.807) is 24.3 Å². The second kappa shape index (κ2) is 7.42. The molecule has 0 radical (unpaired) electrons. The van der Waals surface area contributed by atoms with Gasteiger partial charge in [-0.1, -0.05) is 42.5 Å². The van der Waals surface area contributed by atoms with Gasteiger partial charge >= 0.3 is 0 Å². The van der Waals surface area contributed by atoms with Crippen LogP contribution in [-0.4, -0.2) is 16.2 Å². The number of H-pyrrole nitrogens is 1. The number of aromatic amines is 1. The van der Waals surface area contributed by atoms with Crippen molar-refractivity contribution in [3.8, 4) is 40.0 Å². The van der Waals surface area contributed by atoms with E-state index < -0.39 is 0 Å². The number of phenolic OH excluding ortho intramolecular Hbond substituents is 1. The summed E-state index contributed by atoms with van der Waals surface area (Å²) >= 11 is 5.29. The molecule has 2 N–H and O–H groups in total. The molecule has 3 aromatic rings. The number of aromatic nitrogens is 1. The average Bonchev–Trinajstić information content (AvgIpc) is 2.62. The summed E-state index contributed by atoms with van der Waals surface area (Å²) in [4.78, 5) is 3.10. The lowest BCUT2D eigenvalue weighted by molar-refractivity contribution is 0.241. The van der Waals surface area contributed by atoms with Crippen LogP contribution in [0.5, 0.6) is 11.5 Å². The van der Waals surface area contributed by atoms with Crippen molar-refractivity contribution in [1.82, 2.24) is 4.98 Å². The highest BCUT2D eigenvalue weighted by Crippen LogP contribution is 2.37. The number of hydrogen-bond donors (Lipinski definition) is 2. The van der Waals surface area contributed by atoms with Gasteiger partial charge in [-0.3, -0.25) is 0 Å². The van der Waals surface area contributed by atoms with Crippen molar-refractivity contribution in [3.63, 3.8) is 0 Å². The Balaban J connectivity index is 2.20. The van der Waals surface area contributed by atoms with E-state index in [-0.39, 0.29) is 11.9 Å². The summed E-state index contributed by atoms with van der Waals surface area (Å²) in [5, 5.41) is 19.9. The summed E-state index contributed by atoms with van der Waals surface area (Å²) in [6, 6.07) is 18.7. The number of phenols is 1.